The van der Waals surface area contributed by atoms with Crippen LogP contribution in [0.15, 0.2) is 24.3 Å². The van der Waals surface area contributed by atoms with Crippen LogP contribution in [-0.4, -0.2) is 0 Å². The van der Waals surface area contributed by atoms with Crippen molar-refractivity contribution in [2.24, 2.45) is 5.92 Å². The zero-order valence-corrected chi connectivity index (χ0v) is 13.8. The van der Waals surface area contributed by atoms with Crippen LogP contribution in [0.1, 0.15) is 49.7 Å². The first-order valence-corrected chi connectivity index (χ1v) is 8.29. The minimum Gasteiger partial charge on any atom is -0.206 e. The highest BCUT2D eigenvalue weighted by atomic mass is 19.1. The number of halogens is 4. The molecule has 0 unspecified atom stereocenters. The van der Waals surface area contributed by atoms with Crippen LogP contribution in [0.4, 0.5) is 17.6 Å². The fourth-order valence-electron chi connectivity index (χ4n) is 3.52. The molecular weight excluding hydrogens is 330 g/mol. The van der Waals surface area contributed by atoms with Crippen molar-refractivity contribution in [3.8, 4) is 17.2 Å². The topological polar surface area (TPSA) is 23.8 Å². The number of hydrogen-bond acceptors (Lipinski definition) is 1. The van der Waals surface area contributed by atoms with Crippen LogP contribution in [0.5, 0.6) is 0 Å². The van der Waals surface area contributed by atoms with E-state index in [0.717, 1.165) is 37.8 Å². The monoisotopic (exact) mass is 347 g/mol. The van der Waals surface area contributed by atoms with Gasteiger partial charge in [-0.15, -0.1) is 0 Å². The Kier molecular flexibility index (Phi) is 4.80. The van der Waals surface area contributed by atoms with Crippen molar-refractivity contribution in [2.75, 3.05) is 0 Å². The predicted octanol–water partition coefficient (Wildman–Crippen LogP) is 6.08. The predicted molar refractivity (Wildman–Crippen MR) is 86.8 cm³/mol. The summed E-state index contributed by atoms with van der Waals surface area (Å²) in [5, 5.41) is 8.69. The Morgan fingerprint density at radius 1 is 0.840 bits per heavy atom. The van der Waals surface area contributed by atoms with Crippen LogP contribution in [0.2, 0.25) is 0 Å². The second-order valence-electron chi connectivity index (χ2n) is 6.74. The first kappa shape index (κ1) is 17.5. The van der Waals surface area contributed by atoms with Gasteiger partial charge >= 0.3 is 0 Å². The molecule has 1 aliphatic rings. The third-order valence-electron chi connectivity index (χ3n) is 4.99. The maximum atomic E-state index is 14.5. The highest BCUT2D eigenvalue weighted by Gasteiger charge is 2.23. The highest BCUT2D eigenvalue weighted by molar-refractivity contribution is 5.66. The van der Waals surface area contributed by atoms with Crippen LogP contribution < -0.4 is 0 Å². The van der Waals surface area contributed by atoms with Crippen molar-refractivity contribution in [2.45, 2.75) is 38.5 Å². The molecule has 0 heterocycles. The smallest absolute Gasteiger partial charge is 0.144 e. The third kappa shape index (κ3) is 3.39. The molecule has 0 N–H and O–H groups in total. The average molecular weight is 347 g/mol. The zero-order chi connectivity index (χ0) is 18.1. The van der Waals surface area contributed by atoms with E-state index in [9.17, 15) is 17.6 Å². The summed E-state index contributed by atoms with van der Waals surface area (Å²) in [5.74, 6) is -3.25. The summed E-state index contributed by atoms with van der Waals surface area (Å²) < 4.78 is 56.6. The molecule has 2 aromatic carbocycles. The van der Waals surface area contributed by atoms with Gasteiger partial charge in [0.1, 0.15) is 34.9 Å². The van der Waals surface area contributed by atoms with E-state index < -0.39 is 34.4 Å². The minimum absolute atomic E-state index is 0.101. The fourth-order valence-corrected chi connectivity index (χ4v) is 3.52. The Labute approximate surface area is 143 Å². The molecule has 1 aliphatic carbocycles. The van der Waals surface area contributed by atoms with Gasteiger partial charge in [0.25, 0.3) is 0 Å². The molecular formula is C20H17F4N. The van der Waals surface area contributed by atoms with E-state index in [0.29, 0.717) is 11.5 Å². The van der Waals surface area contributed by atoms with Gasteiger partial charge in [0.2, 0.25) is 0 Å². The van der Waals surface area contributed by atoms with Crippen LogP contribution >= 0.6 is 0 Å². The number of rotatable bonds is 2. The average Bonchev–Trinajstić information content (AvgIpc) is 2.54. The molecule has 0 saturated heterocycles. The standard InChI is InChI=1S/C20H17F4N/c1-11-2-4-12(5-3-11)13-6-18(23)20(19(24)7-13)14-8-16(21)15(10-25)17(22)9-14/h6-9,11-12H,2-5H2,1H3. The van der Waals surface area contributed by atoms with Crippen LogP contribution in [0.3, 0.4) is 0 Å². The summed E-state index contributed by atoms with van der Waals surface area (Å²) >= 11 is 0. The quantitative estimate of drug-likeness (QED) is 0.604. The van der Waals surface area contributed by atoms with E-state index in [-0.39, 0.29) is 11.5 Å². The Hall–Kier alpha value is -2.35. The summed E-state index contributed by atoms with van der Waals surface area (Å²) in [6.45, 7) is 2.16. The van der Waals surface area contributed by atoms with Gasteiger partial charge in [-0.05, 0) is 60.1 Å². The Morgan fingerprint density at radius 2 is 1.36 bits per heavy atom. The van der Waals surface area contributed by atoms with E-state index in [2.05, 4.69) is 6.92 Å². The second-order valence-corrected chi connectivity index (χ2v) is 6.74. The summed E-state index contributed by atoms with van der Waals surface area (Å²) in [4.78, 5) is 0. The molecule has 1 saturated carbocycles. The molecule has 0 atom stereocenters. The van der Waals surface area contributed by atoms with Crippen molar-refractivity contribution in [3.63, 3.8) is 0 Å². The molecule has 1 fully saturated rings. The molecule has 0 spiro atoms. The summed E-state index contributed by atoms with van der Waals surface area (Å²) in [7, 11) is 0. The second kappa shape index (κ2) is 6.87. The Bertz CT molecular complexity index is 799. The summed E-state index contributed by atoms with van der Waals surface area (Å²) in [5.41, 5.74) is -0.916. The van der Waals surface area contributed by atoms with Crippen LogP contribution in [0.25, 0.3) is 11.1 Å². The van der Waals surface area contributed by atoms with Crippen molar-refractivity contribution < 1.29 is 17.6 Å². The van der Waals surface area contributed by atoms with Gasteiger partial charge in [0, 0.05) is 0 Å². The highest BCUT2D eigenvalue weighted by Crippen LogP contribution is 2.38. The van der Waals surface area contributed by atoms with E-state index in [1.165, 1.54) is 18.2 Å². The van der Waals surface area contributed by atoms with E-state index in [1.54, 1.807) is 0 Å². The van der Waals surface area contributed by atoms with E-state index in [4.69, 9.17) is 5.26 Å². The van der Waals surface area contributed by atoms with Gasteiger partial charge in [-0.2, -0.15) is 5.26 Å². The normalized spacial score (nSPS) is 20.3. The number of benzene rings is 2. The van der Waals surface area contributed by atoms with Gasteiger partial charge < -0.3 is 0 Å². The maximum Gasteiger partial charge on any atom is 0.144 e. The van der Waals surface area contributed by atoms with Crippen molar-refractivity contribution in [3.05, 3.63) is 58.7 Å². The molecule has 5 heteroatoms. The summed E-state index contributed by atoms with van der Waals surface area (Å²) in [6.07, 6.45) is 3.78. The van der Waals surface area contributed by atoms with Gasteiger partial charge in [0.05, 0.1) is 5.56 Å². The lowest BCUT2D eigenvalue weighted by atomic mass is 9.79. The SMILES string of the molecule is CC1CCC(c2cc(F)c(-c3cc(F)c(C#N)c(F)c3)c(F)c2)CC1. The largest absolute Gasteiger partial charge is 0.206 e. The lowest BCUT2D eigenvalue weighted by molar-refractivity contribution is 0.346. The molecule has 0 aromatic heterocycles. The first-order chi connectivity index (χ1) is 11.9. The van der Waals surface area contributed by atoms with Crippen molar-refractivity contribution >= 4 is 0 Å². The fraction of sp³-hybridized carbons (Fsp3) is 0.350. The van der Waals surface area contributed by atoms with Gasteiger partial charge in [-0.3, -0.25) is 0 Å². The maximum absolute atomic E-state index is 14.5. The zero-order valence-electron chi connectivity index (χ0n) is 13.8. The molecule has 0 bridgehead atoms. The lowest BCUT2D eigenvalue weighted by Gasteiger charge is -2.26. The molecule has 0 amide bonds. The van der Waals surface area contributed by atoms with Gasteiger partial charge in [-0.25, -0.2) is 17.6 Å². The molecule has 2 aromatic rings. The first-order valence-electron chi connectivity index (χ1n) is 8.29. The minimum atomic E-state index is -1.14. The van der Waals surface area contributed by atoms with Gasteiger partial charge in [-0.1, -0.05) is 19.8 Å². The lowest BCUT2D eigenvalue weighted by Crippen LogP contribution is -2.11. The Balaban J connectivity index is 2.00. The van der Waals surface area contributed by atoms with Crippen LogP contribution in [0, 0.1) is 40.5 Å². The molecule has 3 rings (SSSR count). The van der Waals surface area contributed by atoms with E-state index in [1.807, 2.05) is 0 Å². The Morgan fingerprint density at radius 3 is 1.84 bits per heavy atom. The van der Waals surface area contributed by atoms with Crippen LogP contribution in [-0.2, 0) is 0 Å². The third-order valence-corrected chi connectivity index (χ3v) is 4.99. The molecule has 25 heavy (non-hydrogen) atoms. The van der Waals surface area contributed by atoms with E-state index >= 15 is 0 Å². The van der Waals surface area contributed by atoms with Crippen molar-refractivity contribution in [1.82, 2.24) is 0 Å². The molecule has 0 aliphatic heterocycles. The molecule has 0 radical (unpaired) electrons. The molecule has 1 nitrogen and oxygen atoms in total. The number of hydrogen-bond donors (Lipinski definition) is 0. The number of nitrogens with zero attached hydrogens (tertiary/aromatic N) is 1. The molecule has 130 valence electrons. The van der Waals surface area contributed by atoms with Gasteiger partial charge in [0.15, 0.2) is 0 Å². The van der Waals surface area contributed by atoms with Crippen molar-refractivity contribution in [1.29, 1.82) is 5.26 Å². The summed E-state index contributed by atoms with van der Waals surface area (Å²) in [6, 6.07) is 5.47. The number of nitriles is 1.